The van der Waals surface area contributed by atoms with Gasteiger partial charge in [-0.1, -0.05) is 34.8 Å². The van der Waals surface area contributed by atoms with Crippen LogP contribution < -0.4 is 5.32 Å². The van der Waals surface area contributed by atoms with Crippen LogP contribution in [0.15, 0.2) is 24.5 Å². The summed E-state index contributed by atoms with van der Waals surface area (Å²) in [6.07, 6.45) is 5.49. The standard InChI is InChI=1S/C13H14Cl3N3/c14-10-3-4-11(15)13(16)9(10)8-17-5-1-2-12-18-6-7-19-12/h3-4,6-7,17H,1-2,5,8H2,(H,18,19). The van der Waals surface area contributed by atoms with Gasteiger partial charge < -0.3 is 10.3 Å². The van der Waals surface area contributed by atoms with Crippen molar-refractivity contribution < 1.29 is 0 Å². The molecule has 0 aliphatic carbocycles. The highest BCUT2D eigenvalue weighted by atomic mass is 35.5. The Labute approximate surface area is 127 Å². The minimum absolute atomic E-state index is 0.521. The van der Waals surface area contributed by atoms with Crippen molar-refractivity contribution in [2.45, 2.75) is 19.4 Å². The maximum Gasteiger partial charge on any atom is 0.106 e. The first kappa shape index (κ1) is 14.7. The highest BCUT2D eigenvalue weighted by Crippen LogP contribution is 2.31. The monoisotopic (exact) mass is 317 g/mol. The Morgan fingerprint density at radius 1 is 1.16 bits per heavy atom. The lowest BCUT2D eigenvalue weighted by Gasteiger charge is -2.09. The number of halogens is 3. The highest BCUT2D eigenvalue weighted by molar-refractivity contribution is 6.44. The fraction of sp³-hybridized carbons (Fsp3) is 0.308. The minimum atomic E-state index is 0.521. The van der Waals surface area contributed by atoms with E-state index in [4.69, 9.17) is 34.8 Å². The van der Waals surface area contributed by atoms with Crippen molar-refractivity contribution in [1.82, 2.24) is 15.3 Å². The second kappa shape index (κ2) is 7.15. The van der Waals surface area contributed by atoms with Gasteiger partial charge in [-0.15, -0.1) is 0 Å². The van der Waals surface area contributed by atoms with E-state index in [0.29, 0.717) is 21.6 Å². The fourth-order valence-corrected chi connectivity index (χ4v) is 2.44. The molecule has 0 unspecified atom stereocenters. The molecule has 19 heavy (non-hydrogen) atoms. The van der Waals surface area contributed by atoms with E-state index in [1.807, 2.05) is 6.20 Å². The van der Waals surface area contributed by atoms with Crippen LogP contribution in [0.25, 0.3) is 0 Å². The van der Waals surface area contributed by atoms with Crippen LogP contribution in [0.4, 0.5) is 0 Å². The number of hydrogen-bond donors (Lipinski definition) is 2. The number of rotatable bonds is 6. The number of nitrogens with zero attached hydrogens (tertiary/aromatic N) is 1. The van der Waals surface area contributed by atoms with Gasteiger partial charge in [0.1, 0.15) is 5.82 Å². The zero-order chi connectivity index (χ0) is 13.7. The molecule has 0 fully saturated rings. The van der Waals surface area contributed by atoms with E-state index in [2.05, 4.69) is 15.3 Å². The Morgan fingerprint density at radius 3 is 2.68 bits per heavy atom. The fourth-order valence-electron chi connectivity index (χ4n) is 1.76. The predicted molar refractivity (Wildman–Crippen MR) is 80.1 cm³/mol. The smallest absolute Gasteiger partial charge is 0.106 e. The average Bonchev–Trinajstić information content (AvgIpc) is 2.90. The van der Waals surface area contributed by atoms with E-state index >= 15 is 0 Å². The third kappa shape index (κ3) is 4.11. The van der Waals surface area contributed by atoms with Crippen LogP contribution in [0.5, 0.6) is 0 Å². The molecule has 0 saturated heterocycles. The number of aryl methyl sites for hydroxylation is 1. The Hall–Kier alpha value is -0.740. The Morgan fingerprint density at radius 2 is 1.95 bits per heavy atom. The lowest BCUT2D eigenvalue weighted by molar-refractivity contribution is 0.641. The minimum Gasteiger partial charge on any atom is -0.349 e. The number of aromatic nitrogens is 2. The quantitative estimate of drug-likeness (QED) is 0.622. The molecule has 2 aromatic rings. The lowest BCUT2D eigenvalue weighted by Crippen LogP contribution is -2.16. The van der Waals surface area contributed by atoms with Crippen LogP contribution in [0.3, 0.4) is 0 Å². The lowest BCUT2D eigenvalue weighted by atomic mass is 10.2. The molecule has 0 saturated carbocycles. The predicted octanol–water partition coefficient (Wildman–Crippen LogP) is 4.09. The molecule has 1 heterocycles. The van der Waals surface area contributed by atoms with Crippen LogP contribution in [-0.2, 0) is 13.0 Å². The first-order valence-electron chi connectivity index (χ1n) is 6.00. The number of nitrogens with one attached hydrogen (secondary N) is 2. The van der Waals surface area contributed by atoms with Gasteiger partial charge in [0, 0.05) is 35.9 Å². The van der Waals surface area contributed by atoms with Gasteiger partial charge in [-0.2, -0.15) is 0 Å². The Kier molecular flexibility index (Phi) is 5.52. The van der Waals surface area contributed by atoms with E-state index in [1.54, 1.807) is 18.3 Å². The number of hydrogen-bond acceptors (Lipinski definition) is 2. The van der Waals surface area contributed by atoms with E-state index in [0.717, 1.165) is 30.8 Å². The number of H-pyrrole nitrogens is 1. The summed E-state index contributed by atoms with van der Waals surface area (Å²) in [6.45, 7) is 1.47. The van der Waals surface area contributed by atoms with Gasteiger partial charge >= 0.3 is 0 Å². The van der Waals surface area contributed by atoms with Crippen molar-refractivity contribution in [1.29, 1.82) is 0 Å². The van der Waals surface area contributed by atoms with Gasteiger partial charge in [-0.05, 0) is 25.1 Å². The summed E-state index contributed by atoms with van der Waals surface area (Å²) in [5.41, 5.74) is 0.842. The van der Waals surface area contributed by atoms with Crippen molar-refractivity contribution >= 4 is 34.8 Å². The average molecular weight is 319 g/mol. The van der Waals surface area contributed by atoms with Crippen LogP contribution >= 0.6 is 34.8 Å². The Balaban J connectivity index is 1.78. The van der Waals surface area contributed by atoms with Crippen LogP contribution in [0.2, 0.25) is 15.1 Å². The molecule has 1 aromatic heterocycles. The van der Waals surface area contributed by atoms with Crippen LogP contribution in [-0.4, -0.2) is 16.5 Å². The van der Waals surface area contributed by atoms with Crippen molar-refractivity contribution in [2.24, 2.45) is 0 Å². The number of aromatic amines is 1. The molecule has 0 radical (unpaired) electrons. The molecule has 102 valence electrons. The topological polar surface area (TPSA) is 40.7 Å². The molecule has 3 nitrogen and oxygen atoms in total. The van der Waals surface area contributed by atoms with Gasteiger partial charge in [-0.3, -0.25) is 0 Å². The molecule has 0 aliphatic heterocycles. The zero-order valence-corrected chi connectivity index (χ0v) is 12.5. The molecular formula is C13H14Cl3N3. The van der Waals surface area contributed by atoms with E-state index in [1.165, 1.54) is 0 Å². The van der Waals surface area contributed by atoms with E-state index < -0.39 is 0 Å². The summed E-state index contributed by atoms with van der Waals surface area (Å²) in [5, 5.41) is 4.98. The van der Waals surface area contributed by atoms with E-state index in [9.17, 15) is 0 Å². The SMILES string of the molecule is Clc1ccc(Cl)c(CNCCCc2ncc[nH]2)c1Cl. The normalized spacial score (nSPS) is 10.9. The molecule has 6 heteroatoms. The maximum absolute atomic E-state index is 6.12. The first-order valence-corrected chi connectivity index (χ1v) is 7.13. The van der Waals surface area contributed by atoms with Crippen LogP contribution in [0.1, 0.15) is 17.8 Å². The molecule has 2 N–H and O–H groups in total. The molecule has 0 aliphatic rings. The Bertz CT molecular complexity index is 526. The largest absolute Gasteiger partial charge is 0.349 e. The third-order valence-corrected chi connectivity index (χ3v) is 3.96. The summed E-state index contributed by atoms with van der Waals surface area (Å²) in [6, 6.07) is 3.46. The molecule has 0 amide bonds. The second-order valence-corrected chi connectivity index (χ2v) is 5.33. The molecule has 1 aromatic carbocycles. The summed E-state index contributed by atoms with van der Waals surface area (Å²) in [4.78, 5) is 7.24. The zero-order valence-electron chi connectivity index (χ0n) is 10.2. The molecule has 2 rings (SSSR count). The molecular weight excluding hydrogens is 305 g/mol. The van der Waals surface area contributed by atoms with Gasteiger partial charge in [-0.25, -0.2) is 4.98 Å². The summed E-state index contributed by atoms with van der Waals surface area (Å²) in [5.74, 6) is 1.00. The summed E-state index contributed by atoms with van der Waals surface area (Å²) >= 11 is 18.2. The summed E-state index contributed by atoms with van der Waals surface area (Å²) < 4.78 is 0. The van der Waals surface area contributed by atoms with Gasteiger partial charge in [0.25, 0.3) is 0 Å². The van der Waals surface area contributed by atoms with Gasteiger partial charge in [0.05, 0.1) is 10.0 Å². The van der Waals surface area contributed by atoms with Gasteiger partial charge in [0.2, 0.25) is 0 Å². The highest BCUT2D eigenvalue weighted by Gasteiger charge is 2.08. The third-order valence-electron chi connectivity index (χ3n) is 2.76. The first-order chi connectivity index (χ1) is 9.18. The summed E-state index contributed by atoms with van der Waals surface area (Å²) in [7, 11) is 0. The van der Waals surface area contributed by atoms with Crippen molar-refractivity contribution in [3.05, 3.63) is 51.0 Å². The molecule has 0 bridgehead atoms. The van der Waals surface area contributed by atoms with Gasteiger partial charge in [0.15, 0.2) is 0 Å². The van der Waals surface area contributed by atoms with Crippen molar-refractivity contribution in [3.63, 3.8) is 0 Å². The van der Waals surface area contributed by atoms with E-state index in [-0.39, 0.29) is 0 Å². The second-order valence-electron chi connectivity index (χ2n) is 4.14. The van der Waals surface area contributed by atoms with Crippen molar-refractivity contribution in [2.75, 3.05) is 6.54 Å². The number of imidazole rings is 1. The van der Waals surface area contributed by atoms with Crippen LogP contribution in [0, 0.1) is 0 Å². The number of benzene rings is 1. The molecule has 0 spiro atoms. The maximum atomic E-state index is 6.12. The molecule has 0 atom stereocenters. The van der Waals surface area contributed by atoms with Crippen molar-refractivity contribution in [3.8, 4) is 0 Å².